The van der Waals surface area contributed by atoms with Crippen LogP contribution in [0.2, 0.25) is 0 Å². The Morgan fingerprint density at radius 2 is 2.05 bits per heavy atom. The number of carbonyl (C=O) groups excluding carboxylic acids is 2. The molecule has 0 saturated carbocycles. The first-order chi connectivity index (χ1) is 8.92. The van der Waals surface area contributed by atoms with Gasteiger partial charge < -0.3 is 15.2 Å². The molecule has 0 heterocycles. The van der Waals surface area contributed by atoms with Gasteiger partial charge in [0.25, 0.3) is 0 Å². The van der Waals surface area contributed by atoms with Gasteiger partial charge in [0.15, 0.2) is 0 Å². The van der Waals surface area contributed by atoms with Gasteiger partial charge in [0.2, 0.25) is 5.91 Å². The number of ether oxygens (including phenoxy) is 1. The molecule has 0 aromatic carbocycles. The lowest BCUT2D eigenvalue weighted by Crippen LogP contribution is -2.46. The van der Waals surface area contributed by atoms with Gasteiger partial charge in [-0.3, -0.25) is 4.79 Å². The first-order valence-corrected chi connectivity index (χ1v) is 6.42. The number of terminal acetylenes is 1. The zero-order valence-electron chi connectivity index (χ0n) is 11.8. The summed E-state index contributed by atoms with van der Waals surface area (Å²) in [4.78, 5) is 23.2. The molecule has 5 nitrogen and oxygen atoms in total. The zero-order chi connectivity index (χ0) is 14.8. The van der Waals surface area contributed by atoms with E-state index in [-0.39, 0.29) is 5.92 Å². The van der Waals surface area contributed by atoms with Crippen LogP contribution < -0.4 is 5.32 Å². The van der Waals surface area contributed by atoms with Crippen molar-refractivity contribution in [3.8, 4) is 12.3 Å². The summed E-state index contributed by atoms with van der Waals surface area (Å²) in [6, 6.07) is -0.757. The van der Waals surface area contributed by atoms with E-state index < -0.39 is 24.0 Å². The molecule has 2 N–H and O–H groups in total. The van der Waals surface area contributed by atoms with Crippen molar-refractivity contribution in [2.24, 2.45) is 5.92 Å². The number of unbranched alkanes of at least 4 members (excludes halogenated alkanes) is 1. The predicted octanol–water partition coefficient (Wildman–Crippen LogP) is 0.855. The molecule has 0 aromatic rings. The quantitative estimate of drug-likeness (QED) is 0.389. The summed E-state index contributed by atoms with van der Waals surface area (Å²) >= 11 is 0. The SMILES string of the molecule is C#CCCC[C@@H](NC(=O)[C@H](O)CC(C)C)C(=O)OC. The fourth-order valence-electron chi connectivity index (χ4n) is 1.62. The maximum atomic E-state index is 11.7. The standard InChI is InChI=1S/C14H23NO4/c1-5-6-7-8-11(14(18)19-4)15-13(17)12(16)9-10(2)3/h1,10-12,16H,6-9H2,2-4H3,(H,15,17)/t11-,12-/m1/s1. The minimum Gasteiger partial charge on any atom is -0.467 e. The lowest BCUT2D eigenvalue weighted by atomic mass is 10.0. The van der Waals surface area contributed by atoms with Crippen LogP contribution in [0.5, 0.6) is 0 Å². The highest BCUT2D eigenvalue weighted by molar-refractivity contribution is 5.86. The minimum absolute atomic E-state index is 0.193. The molecule has 19 heavy (non-hydrogen) atoms. The maximum absolute atomic E-state index is 11.7. The highest BCUT2D eigenvalue weighted by atomic mass is 16.5. The van der Waals surface area contributed by atoms with Gasteiger partial charge in [-0.05, 0) is 25.2 Å². The van der Waals surface area contributed by atoms with Gasteiger partial charge in [0, 0.05) is 6.42 Å². The molecule has 0 aliphatic heterocycles. The molecular formula is C14H23NO4. The van der Waals surface area contributed by atoms with Crippen LogP contribution in [0.1, 0.15) is 39.5 Å². The lowest BCUT2D eigenvalue weighted by Gasteiger charge is -2.19. The summed E-state index contributed by atoms with van der Waals surface area (Å²) in [7, 11) is 1.26. The molecule has 0 rings (SSSR count). The largest absolute Gasteiger partial charge is 0.467 e. The smallest absolute Gasteiger partial charge is 0.328 e. The van der Waals surface area contributed by atoms with Crippen molar-refractivity contribution in [1.29, 1.82) is 0 Å². The summed E-state index contributed by atoms with van der Waals surface area (Å²) in [5.41, 5.74) is 0. The van der Waals surface area contributed by atoms with E-state index in [1.54, 1.807) is 0 Å². The van der Waals surface area contributed by atoms with Gasteiger partial charge in [-0.25, -0.2) is 4.79 Å². The van der Waals surface area contributed by atoms with Crippen LogP contribution in [0.4, 0.5) is 0 Å². The number of rotatable bonds is 8. The molecule has 0 aromatic heterocycles. The van der Waals surface area contributed by atoms with Crippen LogP contribution in [0.15, 0.2) is 0 Å². The number of hydrogen-bond acceptors (Lipinski definition) is 4. The second kappa shape index (κ2) is 9.40. The van der Waals surface area contributed by atoms with Crippen molar-refractivity contribution < 1.29 is 19.4 Å². The first-order valence-electron chi connectivity index (χ1n) is 6.42. The van der Waals surface area contributed by atoms with Crippen LogP contribution in [-0.2, 0) is 14.3 Å². The number of carbonyl (C=O) groups is 2. The van der Waals surface area contributed by atoms with Crippen LogP contribution in [0, 0.1) is 18.3 Å². The summed E-state index contributed by atoms with van der Waals surface area (Å²) in [5, 5.41) is 12.2. The Hall–Kier alpha value is -1.54. The Balaban J connectivity index is 4.42. The first kappa shape index (κ1) is 17.5. The van der Waals surface area contributed by atoms with Crippen molar-refractivity contribution in [3.05, 3.63) is 0 Å². The molecule has 0 bridgehead atoms. The molecule has 0 aliphatic carbocycles. The number of esters is 1. The monoisotopic (exact) mass is 269 g/mol. The van der Waals surface area contributed by atoms with Gasteiger partial charge in [-0.15, -0.1) is 12.3 Å². The van der Waals surface area contributed by atoms with Gasteiger partial charge in [-0.1, -0.05) is 13.8 Å². The van der Waals surface area contributed by atoms with E-state index >= 15 is 0 Å². The van der Waals surface area contributed by atoms with Crippen molar-refractivity contribution in [2.45, 2.75) is 51.7 Å². The van der Waals surface area contributed by atoms with Crippen molar-refractivity contribution in [2.75, 3.05) is 7.11 Å². The van der Waals surface area contributed by atoms with E-state index in [0.717, 1.165) is 0 Å². The number of amides is 1. The van der Waals surface area contributed by atoms with E-state index in [1.807, 2.05) is 13.8 Å². The van der Waals surface area contributed by atoms with Crippen molar-refractivity contribution >= 4 is 11.9 Å². The molecule has 0 aliphatic rings. The molecule has 0 spiro atoms. The van der Waals surface area contributed by atoms with E-state index in [9.17, 15) is 14.7 Å². The highest BCUT2D eigenvalue weighted by Crippen LogP contribution is 2.07. The Labute approximate surface area is 114 Å². The summed E-state index contributed by atoms with van der Waals surface area (Å²) in [5.74, 6) is 1.58. The Bertz CT molecular complexity index is 333. The molecule has 0 radical (unpaired) electrons. The summed E-state index contributed by atoms with van der Waals surface area (Å²) in [6.07, 6.45) is 5.91. The second-order valence-electron chi connectivity index (χ2n) is 4.83. The average Bonchev–Trinajstić information content (AvgIpc) is 2.35. The second-order valence-corrected chi connectivity index (χ2v) is 4.83. The van der Waals surface area contributed by atoms with Crippen LogP contribution in [0.3, 0.4) is 0 Å². The molecule has 0 saturated heterocycles. The predicted molar refractivity (Wildman–Crippen MR) is 72.1 cm³/mol. The molecule has 1 amide bonds. The molecule has 2 atom stereocenters. The normalized spacial score (nSPS) is 13.5. The van der Waals surface area contributed by atoms with E-state index in [0.29, 0.717) is 25.7 Å². The molecule has 0 fully saturated rings. The van der Waals surface area contributed by atoms with Crippen LogP contribution in [0.25, 0.3) is 0 Å². The average molecular weight is 269 g/mol. The van der Waals surface area contributed by atoms with Crippen molar-refractivity contribution in [1.82, 2.24) is 5.32 Å². The number of hydrogen-bond donors (Lipinski definition) is 2. The fourth-order valence-corrected chi connectivity index (χ4v) is 1.62. The van der Waals surface area contributed by atoms with Gasteiger partial charge in [0.1, 0.15) is 12.1 Å². The molecule has 5 heteroatoms. The fraction of sp³-hybridized carbons (Fsp3) is 0.714. The van der Waals surface area contributed by atoms with Gasteiger partial charge >= 0.3 is 5.97 Å². The van der Waals surface area contributed by atoms with Crippen molar-refractivity contribution in [3.63, 3.8) is 0 Å². The third-order valence-electron chi connectivity index (χ3n) is 2.61. The molecule has 0 unspecified atom stereocenters. The number of aliphatic hydroxyl groups is 1. The third kappa shape index (κ3) is 7.47. The third-order valence-corrected chi connectivity index (χ3v) is 2.61. The number of nitrogens with one attached hydrogen (secondary N) is 1. The Morgan fingerprint density at radius 1 is 1.42 bits per heavy atom. The van der Waals surface area contributed by atoms with E-state index in [2.05, 4.69) is 16.0 Å². The van der Waals surface area contributed by atoms with Crippen LogP contribution in [-0.4, -0.2) is 36.2 Å². The molecule has 108 valence electrons. The zero-order valence-corrected chi connectivity index (χ0v) is 11.8. The van der Waals surface area contributed by atoms with Gasteiger partial charge in [-0.2, -0.15) is 0 Å². The Kier molecular flexibility index (Phi) is 8.64. The lowest BCUT2D eigenvalue weighted by molar-refractivity contribution is -0.146. The van der Waals surface area contributed by atoms with Crippen LogP contribution >= 0.6 is 0 Å². The summed E-state index contributed by atoms with van der Waals surface area (Å²) in [6.45, 7) is 3.81. The topological polar surface area (TPSA) is 75.6 Å². The minimum atomic E-state index is -1.11. The summed E-state index contributed by atoms with van der Waals surface area (Å²) < 4.78 is 4.62. The highest BCUT2D eigenvalue weighted by Gasteiger charge is 2.24. The number of methoxy groups -OCH3 is 1. The number of aliphatic hydroxyl groups excluding tert-OH is 1. The van der Waals surface area contributed by atoms with Gasteiger partial charge in [0.05, 0.1) is 7.11 Å². The van der Waals surface area contributed by atoms with E-state index in [4.69, 9.17) is 6.42 Å². The molecular weight excluding hydrogens is 246 g/mol. The Morgan fingerprint density at radius 3 is 2.53 bits per heavy atom. The maximum Gasteiger partial charge on any atom is 0.328 e. The van der Waals surface area contributed by atoms with E-state index in [1.165, 1.54) is 7.11 Å².